The van der Waals surface area contributed by atoms with E-state index in [9.17, 15) is 18.0 Å². The molecule has 0 aromatic heterocycles. The third-order valence-electron chi connectivity index (χ3n) is 4.96. The Balaban J connectivity index is 0.00000243. The van der Waals surface area contributed by atoms with Crippen LogP contribution in [0.1, 0.15) is 48.4 Å². The fourth-order valence-corrected chi connectivity index (χ4v) is 5.19. The number of hydrogen-bond donors (Lipinski definition) is 1. The molecule has 2 unspecified atom stereocenters. The topological polar surface area (TPSA) is 86.8 Å². The number of nitrogens with zero attached hydrogens (tertiary/aromatic N) is 2. The number of amides is 2. The maximum atomic E-state index is 12.9. The predicted molar refractivity (Wildman–Crippen MR) is 100 cm³/mol. The van der Waals surface area contributed by atoms with Gasteiger partial charge in [-0.2, -0.15) is 0 Å². The number of nitrogens with one attached hydrogen (secondary N) is 1. The third kappa shape index (κ3) is 3.10. The van der Waals surface area contributed by atoms with Crippen LogP contribution in [0.5, 0.6) is 0 Å². The first kappa shape index (κ1) is 20.7. The summed E-state index contributed by atoms with van der Waals surface area (Å²) in [6.07, 6.45) is 0. The summed E-state index contributed by atoms with van der Waals surface area (Å²) < 4.78 is 26.2. The number of carbonyl (C=O) groups excluding carboxylic acids is 2. The molecule has 1 aromatic rings. The van der Waals surface area contributed by atoms with E-state index in [2.05, 4.69) is 5.32 Å². The molecule has 144 valence electrons. The molecule has 1 aromatic carbocycles. The summed E-state index contributed by atoms with van der Waals surface area (Å²) in [6, 6.07) is 4.01. The van der Waals surface area contributed by atoms with Crippen molar-refractivity contribution in [1.29, 1.82) is 0 Å². The van der Waals surface area contributed by atoms with Gasteiger partial charge in [0.05, 0.1) is 5.56 Å². The lowest BCUT2D eigenvalue weighted by atomic mass is 10.0. The van der Waals surface area contributed by atoms with Gasteiger partial charge in [-0.15, -0.1) is 12.4 Å². The maximum Gasteiger partial charge on any atom is 0.269 e. The van der Waals surface area contributed by atoms with Crippen LogP contribution in [-0.4, -0.2) is 60.7 Å². The summed E-state index contributed by atoms with van der Waals surface area (Å²) >= 11 is 0. The van der Waals surface area contributed by atoms with E-state index in [0.29, 0.717) is 18.7 Å². The average Bonchev–Trinajstić information content (AvgIpc) is 2.75. The van der Waals surface area contributed by atoms with Crippen molar-refractivity contribution in [3.05, 3.63) is 29.3 Å². The molecule has 7 nitrogen and oxygen atoms in total. The highest BCUT2D eigenvalue weighted by atomic mass is 35.5. The van der Waals surface area contributed by atoms with E-state index < -0.39 is 22.0 Å². The Bertz CT molecular complexity index is 840. The average molecular weight is 402 g/mol. The van der Waals surface area contributed by atoms with Crippen molar-refractivity contribution in [2.75, 3.05) is 13.1 Å². The van der Waals surface area contributed by atoms with Crippen LogP contribution in [0.15, 0.2) is 23.1 Å². The first-order chi connectivity index (χ1) is 11.7. The van der Waals surface area contributed by atoms with Crippen molar-refractivity contribution in [2.45, 2.75) is 50.7 Å². The summed E-state index contributed by atoms with van der Waals surface area (Å²) in [7, 11) is -3.91. The van der Waals surface area contributed by atoms with Crippen LogP contribution in [0, 0.1) is 0 Å². The molecule has 0 saturated carbocycles. The molecule has 0 aliphatic carbocycles. The largest absolute Gasteiger partial charge is 0.333 e. The molecule has 2 amide bonds. The number of benzene rings is 1. The Hall–Kier alpha value is -1.64. The number of piperazine rings is 1. The zero-order valence-corrected chi connectivity index (χ0v) is 16.9. The van der Waals surface area contributed by atoms with Crippen LogP contribution in [0.3, 0.4) is 0 Å². The lowest BCUT2D eigenvalue weighted by molar-refractivity contribution is 0.0602. The predicted octanol–water partition coefficient (Wildman–Crippen LogP) is 1.48. The minimum atomic E-state index is -3.91. The smallest absolute Gasteiger partial charge is 0.269 e. The third-order valence-corrected chi connectivity index (χ3v) is 6.96. The summed E-state index contributed by atoms with van der Waals surface area (Å²) in [5, 5.41) is 3.31. The number of hydrogen-bond acceptors (Lipinski definition) is 5. The van der Waals surface area contributed by atoms with Crippen LogP contribution in [0.2, 0.25) is 0 Å². The molecule has 26 heavy (non-hydrogen) atoms. The first-order valence-electron chi connectivity index (χ1n) is 8.43. The van der Waals surface area contributed by atoms with Crippen molar-refractivity contribution < 1.29 is 18.0 Å². The van der Waals surface area contributed by atoms with E-state index in [1.807, 2.05) is 13.8 Å². The molecular weight excluding hydrogens is 378 g/mol. The molecule has 2 aliphatic heterocycles. The van der Waals surface area contributed by atoms with E-state index in [1.54, 1.807) is 18.7 Å². The van der Waals surface area contributed by atoms with Crippen molar-refractivity contribution >= 4 is 34.2 Å². The number of rotatable bonds is 2. The van der Waals surface area contributed by atoms with Crippen LogP contribution in [-0.2, 0) is 10.0 Å². The van der Waals surface area contributed by atoms with Gasteiger partial charge in [-0.25, -0.2) is 12.7 Å². The van der Waals surface area contributed by atoms with E-state index in [0.717, 1.165) is 4.31 Å². The van der Waals surface area contributed by atoms with Gasteiger partial charge in [0, 0.05) is 36.8 Å². The van der Waals surface area contributed by atoms with Crippen molar-refractivity contribution in [1.82, 2.24) is 14.5 Å². The van der Waals surface area contributed by atoms with Gasteiger partial charge in [-0.05, 0) is 45.9 Å². The SMILES string of the molecule is CC1NCCN(C(=O)c2ccc3c(c2)S(=O)(=O)N(C(C)C)C3=O)C1C.Cl. The summed E-state index contributed by atoms with van der Waals surface area (Å²) in [5.74, 6) is -0.748. The fourth-order valence-electron chi connectivity index (χ4n) is 3.40. The Kier molecular flexibility index (Phi) is 5.70. The molecule has 1 fully saturated rings. The first-order valence-corrected chi connectivity index (χ1v) is 9.87. The second-order valence-corrected chi connectivity index (χ2v) is 8.68. The minimum Gasteiger partial charge on any atom is -0.333 e. The Labute approximate surface area is 160 Å². The molecule has 2 atom stereocenters. The Morgan fingerprint density at radius 2 is 1.92 bits per heavy atom. The molecule has 1 saturated heterocycles. The molecule has 0 bridgehead atoms. The van der Waals surface area contributed by atoms with Crippen LogP contribution >= 0.6 is 12.4 Å². The van der Waals surface area contributed by atoms with Gasteiger partial charge in [-0.3, -0.25) is 9.59 Å². The second kappa shape index (κ2) is 7.17. The molecule has 2 heterocycles. The van der Waals surface area contributed by atoms with Gasteiger partial charge >= 0.3 is 0 Å². The van der Waals surface area contributed by atoms with Crippen LogP contribution in [0.4, 0.5) is 0 Å². The second-order valence-electron chi connectivity index (χ2n) is 6.89. The molecule has 0 radical (unpaired) electrons. The highest BCUT2D eigenvalue weighted by Crippen LogP contribution is 2.33. The molecule has 2 aliphatic rings. The maximum absolute atomic E-state index is 12.9. The number of sulfonamides is 1. The molecule has 1 N–H and O–H groups in total. The van der Waals surface area contributed by atoms with Gasteiger partial charge < -0.3 is 10.2 Å². The van der Waals surface area contributed by atoms with Gasteiger partial charge in [-0.1, -0.05) is 0 Å². The van der Waals surface area contributed by atoms with Crippen molar-refractivity contribution in [2.24, 2.45) is 0 Å². The molecule has 0 spiro atoms. The molecular formula is C17H24ClN3O4S. The summed E-state index contributed by atoms with van der Waals surface area (Å²) in [5.41, 5.74) is 0.425. The molecule has 3 rings (SSSR count). The van der Waals surface area contributed by atoms with Crippen LogP contribution < -0.4 is 5.32 Å². The monoisotopic (exact) mass is 401 g/mol. The number of carbonyl (C=O) groups is 2. The summed E-state index contributed by atoms with van der Waals surface area (Å²) in [4.78, 5) is 26.9. The van der Waals surface area contributed by atoms with E-state index in [-0.39, 0.29) is 40.9 Å². The van der Waals surface area contributed by atoms with Crippen LogP contribution in [0.25, 0.3) is 0 Å². The van der Waals surface area contributed by atoms with Gasteiger partial charge in [0.25, 0.3) is 21.8 Å². The number of fused-ring (bicyclic) bond motifs is 1. The van der Waals surface area contributed by atoms with Gasteiger partial charge in [0.2, 0.25) is 0 Å². The normalized spacial score (nSPS) is 24.4. The Morgan fingerprint density at radius 3 is 2.54 bits per heavy atom. The Morgan fingerprint density at radius 1 is 1.27 bits per heavy atom. The van der Waals surface area contributed by atoms with Crippen molar-refractivity contribution in [3.8, 4) is 0 Å². The fraction of sp³-hybridized carbons (Fsp3) is 0.529. The quantitative estimate of drug-likeness (QED) is 0.811. The van der Waals surface area contributed by atoms with Gasteiger partial charge in [0.1, 0.15) is 4.90 Å². The minimum absolute atomic E-state index is 0. The lowest BCUT2D eigenvalue weighted by Gasteiger charge is -2.38. The lowest BCUT2D eigenvalue weighted by Crippen LogP contribution is -2.57. The molecule has 9 heteroatoms. The van der Waals surface area contributed by atoms with E-state index in [4.69, 9.17) is 0 Å². The standard InChI is InChI=1S/C17H23N3O4S.ClH/c1-10(2)20-17(22)14-6-5-13(9-15(14)25(20,23)24)16(21)19-8-7-18-11(3)12(19)4;/h5-6,9-12,18H,7-8H2,1-4H3;1H. The van der Waals surface area contributed by atoms with Gasteiger partial charge in [0.15, 0.2) is 0 Å². The zero-order chi connectivity index (χ0) is 18.5. The summed E-state index contributed by atoms with van der Waals surface area (Å²) in [6.45, 7) is 8.53. The zero-order valence-electron chi connectivity index (χ0n) is 15.2. The number of halogens is 1. The highest BCUT2D eigenvalue weighted by Gasteiger charge is 2.43. The highest BCUT2D eigenvalue weighted by molar-refractivity contribution is 7.90. The van der Waals surface area contributed by atoms with Crippen molar-refractivity contribution in [3.63, 3.8) is 0 Å². The van der Waals surface area contributed by atoms with E-state index in [1.165, 1.54) is 18.2 Å². The van der Waals surface area contributed by atoms with E-state index >= 15 is 0 Å².